The third-order valence-electron chi connectivity index (χ3n) is 6.65. The number of aliphatic hydroxyl groups excluding tert-OH is 1. The van der Waals surface area contributed by atoms with Gasteiger partial charge in [-0.2, -0.15) is 13.2 Å². The van der Waals surface area contributed by atoms with Crippen molar-refractivity contribution >= 4 is 11.7 Å². The van der Waals surface area contributed by atoms with E-state index < -0.39 is 17.8 Å². The molecule has 0 saturated carbocycles. The molecule has 2 N–H and O–H groups in total. The van der Waals surface area contributed by atoms with Crippen molar-refractivity contribution in [3.63, 3.8) is 0 Å². The number of anilines is 1. The van der Waals surface area contributed by atoms with E-state index in [1.807, 2.05) is 0 Å². The third kappa shape index (κ3) is 5.51. The van der Waals surface area contributed by atoms with Gasteiger partial charge in [0.15, 0.2) is 0 Å². The Morgan fingerprint density at radius 2 is 2.13 bits per heavy atom. The van der Waals surface area contributed by atoms with E-state index in [1.165, 1.54) is 12.1 Å². The van der Waals surface area contributed by atoms with Gasteiger partial charge in [0.25, 0.3) is 0 Å². The van der Waals surface area contributed by atoms with Crippen LogP contribution in [0, 0.1) is 11.8 Å². The first-order chi connectivity index (χ1) is 14.8. The minimum atomic E-state index is -4.48. The first-order valence-corrected chi connectivity index (χ1v) is 10.9. The Balaban J connectivity index is 1.72. The molecule has 1 aromatic carbocycles. The van der Waals surface area contributed by atoms with E-state index in [-0.39, 0.29) is 30.2 Å². The number of methoxy groups -OCH3 is 1. The first kappa shape index (κ1) is 23.8. The molecule has 2 aliphatic heterocycles. The Morgan fingerprint density at radius 1 is 1.35 bits per heavy atom. The van der Waals surface area contributed by atoms with Crippen LogP contribution in [0.2, 0.25) is 0 Å². The van der Waals surface area contributed by atoms with Crippen LogP contribution in [-0.4, -0.2) is 73.0 Å². The second-order valence-electron chi connectivity index (χ2n) is 8.49. The largest absolute Gasteiger partial charge is 0.416 e. The fourth-order valence-corrected chi connectivity index (χ4v) is 4.99. The molecular weight excluding hydrogens is 411 g/mol. The van der Waals surface area contributed by atoms with Crippen molar-refractivity contribution in [2.24, 2.45) is 11.8 Å². The molecule has 2 aliphatic rings. The lowest BCUT2D eigenvalue weighted by Crippen LogP contribution is -2.46. The molecule has 9 heteroatoms. The Hall–Kier alpha value is -1.84. The number of amides is 2. The van der Waals surface area contributed by atoms with Crippen molar-refractivity contribution in [2.45, 2.75) is 44.4 Å². The zero-order chi connectivity index (χ0) is 22.6. The van der Waals surface area contributed by atoms with E-state index in [0.717, 1.165) is 44.5 Å². The number of nitrogens with one attached hydrogen (secondary N) is 1. The van der Waals surface area contributed by atoms with Crippen LogP contribution in [0.15, 0.2) is 24.3 Å². The van der Waals surface area contributed by atoms with Gasteiger partial charge in [0.1, 0.15) is 0 Å². The van der Waals surface area contributed by atoms with Gasteiger partial charge in [-0.15, -0.1) is 0 Å². The van der Waals surface area contributed by atoms with Crippen LogP contribution >= 0.6 is 0 Å². The van der Waals surface area contributed by atoms with Crippen molar-refractivity contribution in [3.8, 4) is 0 Å². The van der Waals surface area contributed by atoms with Gasteiger partial charge >= 0.3 is 12.2 Å². The minimum Gasteiger partial charge on any atom is -0.394 e. The van der Waals surface area contributed by atoms with E-state index in [1.54, 1.807) is 12.0 Å². The molecular formula is C22H32F3N3O3. The summed E-state index contributed by atoms with van der Waals surface area (Å²) >= 11 is 0. The Labute approximate surface area is 181 Å². The van der Waals surface area contributed by atoms with Gasteiger partial charge in [-0.25, -0.2) is 4.79 Å². The molecule has 31 heavy (non-hydrogen) atoms. The van der Waals surface area contributed by atoms with Gasteiger partial charge in [-0.05, 0) is 49.4 Å². The predicted octanol–water partition coefficient (Wildman–Crippen LogP) is 3.67. The summed E-state index contributed by atoms with van der Waals surface area (Å²) in [6.07, 6.45) is -1.45. The van der Waals surface area contributed by atoms with Gasteiger partial charge in [0, 0.05) is 31.9 Å². The molecule has 0 aromatic heterocycles. The molecule has 2 heterocycles. The average molecular weight is 444 g/mol. The van der Waals surface area contributed by atoms with Crippen LogP contribution in [0.25, 0.3) is 0 Å². The third-order valence-corrected chi connectivity index (χ3v) is 6.65. The molecule has 2 fully saturated rings. The lowest BCUT2D eigenvalue weighted by atomic mass is 9.88. The average Bonchev–Trinajstić information content (AvgIpc) is 3.32. The molecule has 2 saturated heterocycles. The Morgan fingerprint density at radius 3 is 2.77 bits per heavy atom. The summed E-state index contributed by atoms with van der Waals surface area (Å²) in [5, 5.41) is 12.7. The minimum absolute atomic E-state index is 0.0905. The van der Waals surface area contributed by atoms with Gasteiger partial charge in [-0.1, -0.05) is 19.4 Å². The zero-order valence-corrected chi connectivity index (χ0v) is 18.1. The topological polar surface area (TPSA) is 65.0 Å². The maximum atomic E-state index is 13.0. The number of carbonyl (C=O) groups excluding carboxylic acids is 1. The quantitative estimate of drug-likeness (QED) is 0.675. The number of likely N-dealkylation sites (tertiary alicyclic amines) is 2. The summed E-state index contributed by atoms with van der Waals surface area (Å²) in [5.41, 5.74) is -0.722. The molecule has 0 radical (unpaired) electrons. The van der Waals surface area contributed by atoms with Crippen molar-refractivity contribution < 1.29 is 27.8 Å². The number of hydrogen-bond acceptors (Lipinski definition) is 4. The molecule has 2 amide bonds. The van der Waals surface area contributed by atoms with Gasteiger partial charge in [0.05, 0.1) is 24.8 Å². The van der Waals surface area contributed by atoms with E-state index in [9.17, 15) is 23.1 Å². The number of carbonyl (C=O) groups is 1. The van der Waals surface area contributed by atoms with Crippen molar-refractivity contribution in [1.29, 1.82) is 0 Å². The van der Waals surface area contributed by atoms with E-state index in [4.69, 9.17) is 4.74 Å². The van der Waals surface area contributed by atoms with E-state index in [2.05, 4.69) is 17.1 Å². The van der Waals surface area contributed by atoms with Gasteiger partial charge < -0.3 is 20.1 Å². The number of aliphatic hydroxyl groups is 1. The van der Waals surface area contributed by atoms with E-state index in [0.29, 0.717) is 19.2 Å². The Bertz CT molecular complexity index is 746. The maximum absolute atomic E-state index is 13.0. The monoisotopic (exact) mass is 443 g/mol. The molecule has 6 nitrogen and oxygen atoms in total. The SMILES string of the molecule is CC[C@@H]1CN(C(=O)Nc2cccc(C(F)(F)F)c2)[C@H](CO)[C@@H]1CN1CCC[C@@H]1COC. The second kappa shape index (κ2) is 10.2. The number of hydrogen-bond donors (Lipinski definition) is 2. The molecule has 0 unspecified atom stereocenters. The lowest BCUT2D eigenvalue weighted by Gasteiger charge is -2.32. The molecule has 0 bridgehead atoms. The molecule has 0 spiro atoms. The van der Waals surface area contributed by atoms with Crippen LogP contribution in [0.5, 0.6) is 0 Å². The molecule has 1 aromatic rings. The zero-order valence-electron chi connectivity index (χ0n) is 18.1. The van der Waals surface area contributed by atoms with Gasteiger partial charge in [0.2, 0.25) is 0 Å². The number of nitrogens with zero attached hydrogens (tertiary/aromatic N) is 2. The van der Waals surface area contributed by atoms with Crippen molar-refractivity contribution in [3.05, 3.63) is 29.8 Å². The van der Waals surface area contributed by atoms with Crippen molar-refractivity contribution in [2.75, 3.05) is 45.3 Å². The first-order valence-electron chi connectivity index (χ1n) is 10.9. The predicted molar refractivity (Wildman–Crippen MR) is 112 cm³/mol. The fraction of sp³-hybridized carbons (Fsp3) is 0.682. The summed E-state index contributed by atoms with van der Waals surface area (Å²) in [5.74, 6) is 0.313. The number of halogens is 3. The highest BCUT2D eigenvalue weighted by Crippen LogP contribution is 2.35. The standard InChI is InChI=1S/C22H32F3N3O3/c1-3-15-11-28(21(30)26-17-7-4-6-16(10-17)22(23,24)25)20(13-29)19(15)12-27-9-5-8-18(27)14-31-2/h4,6-7,10,15,18-20,29H,3,5,8-9,11-14H2,1-2H3,(H,26,30)/t15-,18-,19-,20-/m1/s1. The summed E-state index contributed by atoms with van der Waals surface area (Å²) in [7, 11) is 1.69. The van der Waals surface area contributed by atoms with Crippen molar-refractivity contribution in [1.82, 2.24) is 9.80 Å². The Kier molecular flexibility index (Phi) is 7.82. The number of benzene rings is 1. The summed E-state index contributed by atoms with van der Waals surface area (Å²) in [6, 6.07) is 4.09. The molecule has 0 aliphatic carbocycles. The van der Waals surface area contributed by atoms with Crippen LogP contribution in [0.1, 0.15) is 31.7 Å². The van der Waals surface area contributed by atoms with Crippen LogP contribution in [-0.2, 0) is 10.9 Å². The molecule has 3 rings (SSSR count). The smallest absolute Gasteiger partial charge is 0.394 e. The second-order valence-corrected chi connectivity index (χ2v) is 8.49. The normalized spacial score (nSPS) is 27.1. The van der Waals surface area contributed by atoms with Crippen LogP contribution in [0.3, 0.4) is 0 Å². The number of ether oxygens (including phenoxy) is 1. The van der Waals surface area contributed by atoms with Crippen LogP contribution in [0.4, 0.5) is 23.7 Å². The fourth-order valence-electron chi connectivity index (χ4n) is 4.99. The summed E-state index contributed by atoms with van der Waals surface area (Å²) < 4.78 is 44.3. The highest BCUT2D eigenvalue weighted by atomic mass is 19.4. The number of rotatable bonds is 7. The molecule has 4 atom stereocenters. The molecule has 174 valence electrons. The van der Waals surface area contributed by atoms with E-state index >= 15 is 0 Å². The summed E-state index contributed by atoms with van der Waals surface area (Å²) in [6.45, 7) is 4.75. The summed E-state index contributed by atoms with van der Waals surface area (Å²) in [4.78, 5) is 16.9. The number of urea groups is 1. The lowest BCUT2D eigenvalue weighted by molar-refractivity contribution is -0.137. The van der Waals surface area contributed by atoms with Crippen LogP contribution < -0.4 is 5.32 Å². The maximum Gasteiger partial charge on any atom is 0.416 e. The number of alkyl halides is 3. The highest BCUT2D eigenvalue weighted by Gasteiger charge is 2.44. The highest BCUT2D eigenvalue weighted by molar-refractivity contribution is 5.90. The van der Waals surface area contributed by atoms with Gasteiger partial charge in [-0.3, -0.25) is 4.90 Å².